The first-order valence-corrected chi connectivity index (χ1v) is 6.81. The van der Waals surface area contributed by atoms with Gasteiger partial charge >= 0.3 is 0 Å². The molecule has 2 rings (SSSR count). The Morgan fingerprint density at radius 3 is 2.32 bits per heavy atom. The maximum atomic E-state index is 12.8. The molecule has 0 aliphatic heterocycles. The van der Waals surface area contributed by atoms with Crippen LogP contribution in [0.15, 0.2) is 33.5 Å². The lowest BCUT2D eigenvalue weighted by molar-refractivity contribution is 0.541. The van der Waals surface area contributed by atoms with Crippen LogP contribution in [0.4, 0.5) is 4.39 Å². The highest BCUT2D eigenvalue weighted by molar-refractivity contribution is 9.10. The summed E-state index contributed by atoms with van der Waals surface area (Å²) in [5, 5.41) is 3.12. The lowest BCUT2D eigenvalue weighted by Crippen LogP contribution is -2.17. The number of rotatable bonds is 2. The van der Waals surface area contributed by atoms with Crippen LogP contribution in [0.1, 0.15) is 32.0 Å². The zero-order chi connectivity index (χ0) is 14.2. The number of hydrogen-bond donors (Lipinski definition) is 1. The Balaban J connectivity index is 2.37. The molecule has 0 aliphatic rings. The van der Waals surface area contributed by atoms with E-state index >= 15 is 0 Å². The van der Waals surface area contributed by atoms with Crippen molar-refractivity contribution in [1.82, 2.24) is 9.78 Å². The summed E-state index contributed by atoms with van der Waals surface area (Å²) in [6.45, 7) is 6.50. The van der Waals surface area contributed by atoms with E-state index in [-0.39, 0.29) is 16.8 Å². The van der Waals surface area contributed by atoms with Crippen LogP contribution in [-0.4, -0.2) is 9.78 Å². The predicted octanol–water partition coefficient (Wildman–Crippen LogP) is 3.42. The second-order valence-electron chi connectivity index (χ2n) is 5.57. The third-order valence-electron chi connectivity index (χ3n) is 2.90. The van der Waals surface area contributed by atoms with Gasteiger partial charge < -0.3 is 0 Å². The normalized spacial score (nSPS) is 11.8. The van der Waals surface area contributed by atoms with Crippen LogP contribution in [0.25, 0.3) is 0 Å². The number of nitrogens with one attached hydrogen (secondary N) is 1. The van der Waals surface area contributed by atoms with Crippen LogP contribution in [-0.2, 0) is 12.0 Å². The molecule has 0 atom stereocenters. The Kier molecular flexibility index (Phi) is 3.67. The van der Waals surface area contributed by atoms with Gasteiger partial charge in [-0.1, -0.05) is 32.9 Å². The van der Waals surface area contributed by atoms with Gasteiger partial charge in [-0.3, -0.25) is 9.89 Å². The Morgan fingerprint density at radius 2 is 1.84 bits per heavy atom. The van der Waals surface area contributed by atoms with E-state index < -0.39 is 0 Å². The molecule has 3 nitrogen and oxygen atoms in total. The summed E-state index contributed by atoms with van der Waals surface area (Å²) in [5.74, 6) is -0.279. The second kappa shape index (κ2) is 4.96. The molecule has 1 N–H and O–H groups in total. The van der Waals surface area contributed by atoms with E-state index in [4.69, 9.17) is 0 Å². The van der Waals surface area contributed by atoms with Gasteiger partial charge in [-0.2, -0.15) is 0 Å². The molecule has 0 unspecified atom stereocenters. The SMILES string of the molecule is CC(C)(C)c1[nH]n(Cc2ccc(F)cc2)c(=O)c1Br. The number of hydrogen-bond acceptors (Lipinski definition) is 1. The van der Waals surface area contributed by atoms with Gasteiger partial charge in [-0.05, 0) is 33.6 Å². The third-order valence-corrected chi connectivity index (χ3v) is 3.64. The molecule has 1 aromatic carbocycles. The Hall–Kier alpha value is -1.36. The Morgan fingerprint density at radius 1 is 1.26 bits per heavy atom. The molecule has 1 heterocycles. The van der Waals surface area contributed by atoms with Gasteiger partial charge in [-0.15, -0.1) is 0 Å². The van der Waals surface area contributed by atoms with E-state index in [0.717, 1.165) is 11.3 Å². The second-order valence-corrected chi connectivity index (χ2v) is 6.36. The first-order valence-electron chi connectivity index (χ1n) is 6.02. The minimum Gasteiger partial charge on any atom is -0.298 e. The molecule has 1 aromatic heterocycles. The smallest absolute Gasteiger partial charge is 0.281 e. The molecular formula is C14H16BrFN2O. The number of aromatic nitrogens is 2. The van der Waals surface area contributed by atoms with Gasteiger partial charge in [0.1, 0.15) is 10.3 Å². The Labute approximate surface area is 119 Å². The highest BCUT2D eigenvalue weighted by Crippen LogP contribution is 2.25. The van der Waals surface area contributed by atoms with Crippen LogP contribution < -0.4 is 5.56 Å². The summed E-state index contributed by atoms with van der Waals surface area (Å²) in [6.07, 6.45) is 0. The summed E-state index contributed by atoms with van der Waals surface area (Å²) >= 11 is 3.34. The number of benzene rings is 1. The van der Waals surface area contributed by atoms with Crippen LogP contribution in [0.5, 0.6) is 0 Å². The van der Waals surface area contributed by atoms with Crippen molar-refractivity contribution in [2.24, 2.45) is 0 Å². The lowest BCUT2D eigenvalue weighted by Gasteiger charge is -2.16. The average molecular weight is 327 g/mol. The molecule has 19 heavy (non-hydrogen) atoms. The quantitative estimate of drug-likeness (QED) is 0.902. The first-order chi connectivity index (χ1) is 8.79. The van der Waals surface area contributed by atoms with Crippen molar-refractivity contribution < 1.29 is 4.39 Å². The fourth-order valence-corrected chi connectivity index (χ4v) is 2.74. The van der Waals surface area contributed by atoms with Crippen LogP contribution in [0.2, 0.25) is 0 Å². The molecule has 0 aliphatic carbocycles. The van der Waals surface area contributed by atoms with E-state index in [0.29, 0.717) is 11.0 Å². The standard InChI is InChI=1S/C14H16BrFN2O/c1-14(2,3)12-11(15)13(19)18(17-12)8-9-4-6-10(16)7-5-9/h4-7,17H,8H2,1-3H3. The van der Waals surface area contributed by atoms with Crippen molar-refractivity contribution in [3.8, 4) is 0 Å². The number of aromatic amines is 1. The highest BCUT2D eigenvalue weighted by atomic mass is 79.9. The largest absolute Gasteiger partial charge is 0.298 e. The molecular weight excluding hydrogens is 311 g/mol. The lowest BCUT2D eigenvalue weighted by atomic mass is 9.93. The van der Waals surface area contributed by atoms with Crippen molar-refractivity contribution in [1.29, 1.82) is 0 Å². The molecule has 0 saturated heterocycles. The summed E-state index contributed by atoms with van der Waals surface area (Å²) in [5.41, 5.74) is 1.48. The van der Waals surface area contributed by atoms with Gasteiger partial charge in [0, 0.05) is 5.41 Å². The van der Waals surface area contributed by atoms with Gasteiger partial charge in [0.05, 0.1) is 12.2 Å². The summed E-state index contributed by atoms with van der Waals surface area (Å²) in [4.78, 5) is 12.1. The number of H-pyrrole nitrogens is 1. The van der Waals surface area contributed by atoms with Gasteiger partial charge in [0.2, 0.25) is 0 Å². The molecule has 0 saturated carbocycles. The molecule has 102 valence electrons. The monoisotopic (exact) mass is 326 g/mol. The van der Waals surface area contributed by atoms with E-state index in [9.17, 15) is 9.18 Å². The third kappa shape index (κ3) is 2.97. The van der Waals surface area contributed by atoms with E-state index in [1.807, 2.05) is 20.8 Å². The molecule has 0 amide bonds. The maximum absolute atomic E-state index is 12.8. The zero-order valence-electron chi connectivity index (χ0n) is 11.1. The van der Waals surface area contributed by atoms with Gasteiger partial charge in [0.15, 0.2) is 0 Å². The summed E-state index contributed by atoms with van der Waals surface area (Å²) in [7, 11) is 0. The van der Waals surface area contributed by atoms with Crippen molar-refractivity contribution in [2.45, 2.75) is 32.7 Å². The fourth-order valence-electron chi connectivity index (χ4n) is 1.84. The molecule has 0 fully saturated rings. The van der Waals surface area contributed by atoms with E-state index in [1.165, 1.54) is 16.8 Å². The molecule has 0 radical (unpaired) electrons. The maximum Gasteiger partial charge on any atom is 0.281 e. The minimum atomic E-state index is -0.279. The van der Waals surface area contributed by atoms with Crippen LogP contribution in [0.3, 0.4) is 0 Å². The van der Waals surface area contributed by atoms with Crippen molar-refractivity contribution in [3.63, 3.8) is 0 Å². The van der Waals surface area contributed by atoms with Crippen LogP contribution >= 0.6 is 15.9 Å². The fraction of sp³-hybridized carbons (Fsp3) is 0.357. The zero-order valence-corrected chi connectivity index (χ0v) is 12.7. The van der Waals surface area contributed by atoms with E-state index in [2.05, 4.69) is 21.0 Å². The minimum absolute atomic E-state index is 0.103. The summed E-state index contributed by atoms with van der Waals surface area (Å²) < 4.78 is 14.9. The molecule has 5 heteroatoms. The van der Waals surface area contributed by atoms with Crippen molar-refractivity contribution in [2.75, 3.05) is 0 Å². The number of halogens is 2. The molecule has 2 aromatic rings. The van der Waals surface area contributed by atoms with E-state index in [1.54, 1.807) is 12.1 Å². The summed E-state index contributed by atoms with van der Waals surface area (Å²) in [6, 6.07) is 6.13. The predicted molar refractivity (Wildman–Crippen MR) is 77.0 cm³/mol. The highest BCUT2D eigenvalue weighted by Gasteiger charge is 2.22. The topological polar surface area (TPSA) is 37.8 Å². The van der Waals surface area contributed by atoms with Gasteiger partial charge in [0.25, 0.3) is 5.56 Å². The van der Waals surface area contributed by atoms with Gasteiger partial charge in [-0.25, -0.2) is 9.07 Å². The Bertz CT molecular complexity index is 635. The van der Waals surface area contributed by atoms with Crippen molar-refractivity contribution >= 4 is 15.9 Å². The van der Waals surface area contributed by atoms with Crippen LogP contribution in [0, 0.1) is 5.82 Å². The molecule has 0 bridgehead atoms. The molecule has 0 spiro atoms. The first kappa shape index (κ1) is 14.1. The van der Waals surface area contributed by atoms with Crippen molar-refractivity contribution in [3.05, 3.63) is 56.2 Å². The number of nitrogens with zero attached hydrogens (tertiary/aromatic N) is 1. The average Bonchev–Trinajstić information content (AvgIpc) is 2.60.